The highest BCUT2D eigenvalue weighted by molar-refractivity contribution is 5.85. The largest absolute Gasteiger partial charge is 0.476 e. The number of nitriles is 1. The van der Waals surface area contributed by atoms with E-state index in [1.807, 2.05) is 13.0 Å². The summed E-state index contributed by atoms with van der Waals surface area (Å²) in [4.78, 5) is 18.4. The molecule has 0 atom stereocenters. The number of nitrogens with one attached hydrogen (secondary N) is 1. The molecule has 0 unspecified atom stereocenters. The van der Waals surface area contributed by atoms with Crippen molar-refractivity contribution in [3.05, 3.63) is 47.4 Å². The number of hydrogen-bond donors (Lipinski definition) is 2. The molecule has 0 fully saturated rings. The molecule has 2 N–H and O–H groups in total. The van der Waals surface area contributed by atoms with Crippen LogP contribution < -0.4 is 5.32 Å². The van der Waals surface area contributed by atoms with Gasteiger partial charge in [-0.2, -0.15) is 5.26 Å². The highest BCUT2D eigenvalue weighted by Crippen LogP contribution is 2.20. The zero-order valence-electron chi connectivity index (χ0n) is 10.1. The molecule has 0 aliphatic carbocycles. The summed E-state index contributed by atoms with van der Waals surface area (Å²) in [5, 5.41) is 20.6. The number of aryl methyl sites for hydroxylation is 1. The molecule has 0 aliphatic heterocycles. The Morgan fingerprint density at radius 2 is 2.16 bits per heavy atom. The van der Waals surface area contributed by atoms with Crippen LogP contribution in [0.5, 0.6) is 0 Å². The number of aromatic nitrogens is 2. The second-order valence-corrected chi connectivity index (χ2v) is 3.86. The molecule has 0 saturated carbocycles. The van der Waals surface area contributed by atoms with Crippen LogP contribution >= 0.6 is 0 Å². The molecule has 1 heterocycles. The van der Waals surface area contributed by atoms with Gasteiger partial charge in [0.15, 0.2) is 5.69 Å². The van der Waals surface area contributed by atoms with Gasteiger partial charge in [-0.1, -0.05) is 6.07 Å². The van der Waals surface area contributed by atoms with Crippen LogP contribution in [0.4, 0.5) is 11.5 Å². The third-order valence-electron chi connectivity index (χ3n) is 2.50. The molecule has 6 nitrogen and oxygen atoms in total. The highest BCUT2D eigenvalue weighted by Gasteiger charge is 2.06. The molecule has 6 heteroatoms. The summed E-state index contributed by atoms with van der Waals surface area (Å²) in [5.74, 6) is -0.704. The molecule has 19 heavy (non-hydrogen) atoms. The van der Waals surface area contributed by atoms with Gasteiger partial charge in [-0.05, 0) is 24.6 Å². The van der Waals surface area contributed by atoms with Gasteiger partial charge in [0.2, 0.25) is 0 Å². The van der Waals surface area contributed by atoms with Crippen molar-refractivity contribution in [2.45, 2.75) is 6.92 Å². The topological polar surface area (TPSA) is 98.9 Å². The number of rotatable bonds is 3. The second kappa shape index (κ2) is 5.14. The summed E-state index contributed by atoms with van der Waals surface area (Å²) in [6.45, 7) is 1.89. The van der Waals surface area contributed by atoms with Crippen LogP contribution in [-0.2, 0) is 0 Å². The summed E-state index contributed by atoms with van der Waals surface area (Å²) in [7, 11) is 0. The standard InChI is InChI=1S/C13H10N4O2/c1-8-2-3-9(5-14)4-10(8)17-12-7-15-11(6-16-12)13(18)19/h2-4,6-7H,1H3,(H,16,17)(H,18,19). The van der Waals surface area contributed by atoms with Crippen molar-refractivity contribution < 1.29 is 9.90 Å². The summed E-state index contributed by atoms with van der Waals surface area (Å²) >= 11 is 0. The van der Waals surface area contributed by atoms with Gasteiger partial charge in [-0.3, -0.25) is 0 Å². The molecule has 2 rings (SSSR count). The molecule has 0 amide bonds. The van der Waals surface area contributed by atoms with E-state index < -0.39 is 5.97 Å². The Morgan fingerprint density at radius 3 is 2.74 bits per heavy atom. The lowest BCUT2D eigenvalue weighted by atomic mass is 10.1. The monoisotopic (exact) mass is 254 g/mol. The first kappa shape index (κ1) is 12.5. The molecular formula is C13H10N4O2. The van der Waals surface area contributed by atoms with Crippen LogP contribution in [0.25, 0.3) is 0 Å². The quantitative estimate of drug-likeness (QED) is 0.870. The molecule has 0 saturated heterocycles. The Morgan fingerprint density at radius 1 is 1.37 bits per heavy atom. The van der Waals surface area contributed by atoms with E-state index in [1.165, 1.54) is 12.4 Å². The van der Waals surface area contributed by atoms with Crippen LogP contribution in [0.1, 0.15) is 21.6 Å². The predicted molar refractivity (Wildman–Crippen MR) is 68.2 cm³/mol. The fourth-order valence-corrected chi connectivity index (χ4v) is 1.47. The van der Waals surface area contributed by atoms with Gasteiger partial charge >= 0.3 is 5.97 Å². The minimum atomic E-state index is -1.12. The minimum Gasteiger partial charge on any atom is -0.476 e. The van der Waals surface area contributed by atoms with E-state index in [4.69, 9.17) is 10.4 Å². The van der Waals surface area contributed by atoms with E-state index in [0.717, 1.165) is 11.3 Å². The van der Waals surface area contributed by atoms with Crippen molar-refractivity contribution in [3.8, 4) is 6.07 Å². The molecule has 2 aromatic rings. The zero-order valence-corrected chi connectivity index (χ0v) is 10.1. The van der Waals surface area contributed by atoms with Crippen LogP contribution in [-0.4, -0.2) is 21.0 Å². The predicted octanol–water partition coefficient (Wildman–Crippen LogP) is 2.10. The van der Waals surface area contributed by atoms with Gasteiger partial charge in [0.25, 0.3) is 0 Å². The van der Waals surface area contributed by atoms with E-state index in [9.17, 15) is 4.79 Å². The zero-order chi connectivity index (χ0) is 13.8. The SMILES string of the molecule is Cc1ccc(C#N)cc1Nc1cnc(C(=O)O)cn1. The lowest BCUT2D eigenvalue weighted by Crippen LogP contribution is -2.03. The number of carboxylic acids is 1. The number of carboxylic acid groups (broad SMARTS) is 1. The van der Waals surface area contributed by atoms with Gasteiger partial charge < -0.3 is 10.4 Å². The number of nitrogens with zero attached hydrogens (tertiary/aromatic N) is 3. The highest BCUT2D eigenvalue weighted by atomic mass is 16.4. The van der Waals surface area contributed by atoms with Crippen molar-refractivity contribution >= 4 is 17.5 Å². The fraction of sp³-hybridized carbons (Fsp3) is 0.0769. The maximum Gasteiger partial charge on any atom is 0.356 e. The summed E-state index contributed by atoms with van der Waals surface area (Å²) in [6.07, 6.45) is 2.51. The van der Waals surface area contributed by atoms with Crippen molar-refractivity contribution in [1.29, 1.82) is 5.26 Å². The first-order valence-corrected chi connectivity index (χ1v) is 5.43. The number of hydrogen-bond acceptors (Lipinski definition) is 5. The molecule has 0 spiro atoms. The number of benzene rings is 1. The molecule has 94 valence electrons. The van der Waals surface area contributed by atoms with Gasteiger partial charge in [0.1, 0.15) is 5.82 Å². The van der Waals surface area contributed by atoms with Crippen molar-refractivity contribution in [1.82, 2.24) is 9.97 Å². The number of carbonyl (C=O) groups is 1. The Labute approximate surface area is 109 Å². The van der Waals surface area contributed by atoms with E-state index in [-0.39, 0.29) is 5.69 Å². The number of anilines is 2. The van der Waals surface area contributed by atoms with Gasteiger partial charge in [0, 0.05) is 5.69 Å². The van der Waals surface area contributed by atoms with E-state index in [1.54, 1.807) is 12.1 Å². The van der Waals surface area contributed by atoms with Crippen LogP contribution in [0.2, 0.25) is 0 Å². The first-order valence-electron chi connectivity index (χ1n) is 5.43. The van der Waals surface area contributed by atoms with E-state index in [2.05, 4.69) is 21.4 Å². The Balaban J connectivity index is 2.26. The normalized spacial score (nSPS) is 9.68. The third-order valence-corrected chi connectivity index (χ3v) is 2.50. The molecule has 1 aromatic carbocycles. The molecule has 0 bridgehead atoms. The summed E-state index contributed by atoms with van der Waals surface area (Å²) < 4.78 is 0. The Hall–Kier alpha value is -2.94. The Bertz CT molecular complexity index is 659. The van der Waals surface area contributed by atoms with Crippen LogP contribution in [0.15, 0.2) is 30.6 Å². The van der Waals surface area contributed by atoms with Crippen molar-refractivity contribution in [2.24, 2.45) is 0 Å². The smallest absolute Gasteiger partial charge is 0.356 e. The second-order valence-electron chi connectivity index (χ2n) is 3.86. The van der Waals surface area contributed by atoms with Gasteiger partial charge in [0.05, 0.1) is 24.0 Å². The third kappa shape index (κ3) is 2.84. The summed E-state index contributed by atoms with van der Waals surface area (Å²) in [6, 6.07) is 7.29. The van der Waals surface area contributed by atoms with Crippen LogP contribution in [0, 0.1) is 18.3 Å². The first-order chi connectivity index (χ1) is 9.10. The molecule has 0 aliphatic rings. The molecular weight excluding hydrogens is 244 g/mol. The van der Waals surface area contributed by atoms with Gasteiger partial charge in [-0.15, -0.1) is 0 Å². The molecule has 0 radical (unpaired) electrons. The maximum absolute atomic E-state index is 10.6. The van der Waals surface area contributed by atoms with E-state index in [0.29, 0.717) is 11.4 Å². The number of aromatic carboxylic acids is 1. The average Bonchev–Trinajstić information content (AvgIpc) is 2.42. The summed E-state index contributed by atoms with van der Waals surface area (Å²) in [5.41, 5.74) is 2.09. The maximum atomic E-state index is 10.6. The lowest BCUT2D eigenvalue weighted by Gasteiger charge is -2.08. The van der Waals surface area contributed by atoms with Gasteiger partial charge in [-0.25, -0.2) is 14.8 Å². The molecule has 1 aromatic heterocycles. The van der Waals surface area contributed by atoms with Crippen molar-refractivity contribution in [3.63, 3.8) is 0 Å². The van der Waals surface area contributed by atoms with E-state index >= 15 is 0 Å². The Kier molecular flexibility index (Phi) is 3.39. The van der Waals surface area contributed by atoms with Crippen molar-refractivity contribution in [2.75, 3.05) is 5.32 Å². The fourth-order valence-electron chi connectivity index (χ4n) is 1.47. The van der Waals surface area contributed by atoms with Crippen LogP contribution in [0.3, 0.4) is 0 Å². The average molecular weight is 254 g/mol. The lowest BCUT2D eigenvalue weighted by molar-refractivity contribution is 0.0690. The minimum absolute atomic E-state index is 0.118.